The maximum atomic E-state index is 12.4. The molecule has 2 saturated heterocycles. The van der Waals surface area contributed by atoms with Crippen LogP contribution in [0.25, 0.3) is 0 Å². The second kappa shape index (κ2) is 5.13. The van der Waals surface area contributed by atoms with E-state index in [0.29, 0.717) is 6.04 Å². The summed E-state index contributed by atoms with van der Waals surface area (Å²) in [7, 11) is 1.90. The number of amides is 2. The average Bonchev–Trinajstić information content (AvgIpc) is 3.02. The lowest BCUT2D eigenvalue weighted by Crippen LogP contribution is -2.39. The van der Waals surface area contributed by atoms with Crippen LogP contribution in [0.5, 0.6) is 0 Å². The van der Waals surface area contributed by atoms with Gasteiger partial charge in [-0.2, -0.15) is 0 Å². The molecule has 2 aliphatic rings. The predicted molar refractivity (Wildman–Crippen MR) is 78.0 cm³/mol. The van der Waals surface area contributed by atoms with Gasteiger partial charge in [0, 0.05) is 30.7 Å². The highest BCUT2D eigenvalue weighted by Crippen LogP contribution is 2.34. The minimum absolute atomic E-state index is 0.142. The van der Waals surface area contributed by atoms with Crippen LogP contribution in [-0.2, 0) is 0 Å². The van der Waals surface area contributed by atoms with Crippen LogP contribution in [-0.4, -0.2) is 48.6 Å². The molecule has 4 nitrogen and oxygen atoms in total. The molecule has 0 radical (unpaired) electrons. The van der Waals surface area contributed by atoms with Crippen molar-refractivity contribution in [2.45, 2.75) is 18.5 Å². The molecule has 2 heterocycles. The molecule has 2 aliphatic heterocycles. The normalized spacial score (nSPS) is 27.4. The second-order valence-electron chi connectivity index (χ2n) is 5.23. The van der Waals surface area contributed by atoms with Gasteiger partial charge in [-0.25, -0.2) is 4.79 Å². The molecule has 0 aromatic heterocycles. The molecule has 1 N–H and O–H groups in total. The molecule has 102 valence electrons. The second-order valence-corrected chi connectivity index (χ2v) is 6.08. The minimum Gasteiger partial charge on any atom is -0.319 e. The van der Waals surface area contributed by atoms with Crippen LogP contribution in [0, 0.1) is 0 Å². The van der Waals surface area contributed by atoms with Gasteiger partial charge >= 0.3 is 6.03 Å². The van der Waals surface area contributed by atoms with Crippen LogP contribution in [0.1, 0.15) is 18.0 Å². The van der Waals surface area contributed by atoms with Gasteiger partial charge in [0.25, 0.3) is 0 Å². The van der Waals surface area contributed by atoms with Crippen molar-refractivity contribution in [2.24, 2.45) is 0 Å². The van der Waals surface area contributed by atoms with Gasteiger partial charge in [-0.15, -0.1) is 0 Å². The molecule has 0 aliphatic carbocycles. The van der Waals surface area contributed by atoms with E-state index in [-0.39, 0.29) is 12.1 Å². The number of urea groups is 1. The third-order valence-electron chi connectivity index (χ3n) is 4.12. The molecule has 0 spiro atoms. The first-order valence-electron chi connectivity index (χ1n) is 6.67. The highest BCUT2D eigenvalue weighted by molar-refractivity contribution is 9.10. The lowest BCUT2D eigenvalue weighted by Gasteiger charge is -2.22. The Morgan fingerprint density at radius 2 is 2.16 bits per heavy atom. The Morgan fingerprint density at radius 3 is 2.84 bits per heavy atom. The van der Waals surface area contributed by atoms with Gasteiger partial charge in [0.1, 0.15) is 0 Å². The third-order valence-corrected chi connectivity index (χ3v) is 4.85. The number of hydrogen-bond donors (Lipinski definition) is 1. The molecule has 1 aromatic carbocycles. The first kappa shape index (κ1) is 12.9. The van der Waals surface area contributed by atoms with Crippen LogP contribution in [0.2, 0.25) is 0 Å². The zero-order valence-electron chi connectivity index (χ0n) is 11.0. The zero-order chi connectivity index (χ0) is 13.4. The smallest absolute Gasteiger partial charge is 0.319 e. The van der Waals surface area contributed by atoms with Crippen LogP contribution < -0.4 is 5.32 Å². The van der Waals surface area contributed by atoms with Crippen molar-refractivity contribution in [1.29, 1.82) is 0 Å². The fourth-order valence-corrected chi connectivity index (χ4v) is 3.53. The highest BCUT2D eigenvalue weighted by Gasteiger charge is 2.40. The van der Waals surface area contributed by atoms with Crippen molar-refractivity contribution in [1.82, 2.24) is 15.1 Å². The standard InChI is InChI=1S/C14H18BrN3O/c1-17-13(11-4-2-3-5-12(11)15)9-18(14(17)19)10-6-7-16-8-10/h2-5,10,13,16H,6-9H2,1H3. The van der Waals surface area contributed by atoms with Crippen LogP contribution in [0.4, 0.5) is 4.79 Å². The molecule has 2 atom stereocenters. The number of rotatable bonds is 2. The number of carbonyl (C=O) groups is 1. The topological polar surface area (TPSA) is 35.6 Å². The number of nitrogens with one attached hydrogen (secondary N) is 1. The Morgan fingerprint density at radius 1 is 1.37 bits per heavy atom. The van der Waals surface area contributed by atoms with E-state index in [4.69, 9.17) is 0 Å². The summed E-state index contributed by atoms with van der Waals surface area (Å²) in [6.07, 6.45) is 1.06. The van der Waals surface area contributed by atoms with Gasteiger partial charge in [0.15, 0.2) is 0 Å². The first-order valence-corrected chi connectivity index (χ1v) is 7.46. The van der Waals surface area contributed by atoms with E-state index in [1.807, 2.05) is 35.0 Å². The predicted octanol–water partition coefficient (Wildman–Crippen LogP) is 2.22. The summed E-state index contributed by atoms with van der Waals surface area (Å²) in [5, 5.41) is 3.33. The Labute approximate surface area is 121 Å². The number of nitrogens with zero attached hydrogens (tertiary/aromatic N) is 2. The molecule has 19 heavy (non-hydrogen) atoms. The van der Waals surface area contributed by atoms with Gasteiger partial charge in [0.2, 0.25) is 0 Å². The molecular weight excluding hydrogens is 306 g/mol. The molecule has 2 amide bonds. The molecule has 2 unspecified atom stereocenters. The maximum absolute atomic E-state index is 12.4. The fraction of sp³-hybridized carbons (Fsp3) is 0.500. The van der Waals surface area contributed by atoms with Gasteiger partial charge in [-0.1, -0.05) is 34.1 Å². The lowest BCUT2D eigenvalue weighted by molar-refractivity contribution is 0.184. The Balaban J connectivity index is 1.84. The van der Waals surface area contributed by atoms with Crippen molar-refractivity contribution >= 4 is 22.0 Å². The maximum Gasteiger partial charge on any atom is 0.320 e. The van der Waals surface area contributed by atoms with Gasteiger partial charge in [-0.05, 0) is 24.6 Å². The Bertz CT molecular complexity index is 487. The first-order chi connectivity index (χ1) is 9.18. The van der Waals surface area contributed by atoms with Crippen molar-refractivity contribution in [2.75, 3.05) is 26.7 Å². The molecule has 1 aromatic rings. The van der Waals surface area contributed by atoms with Gasteiger partial charge < -0.3 is 15.1 Å². The van der Waals surface area contributed by atoms with E-state index >= 15 is 0 Å². The number of halogens is 1. The minimum atomic E-state index is 0.142. The van der Waals surface area contributed by atoms with Crippen LogP contribution in [0.3, 0.4) is 0 Å². The van der Waals surface area contributed by atoms with E-state index in [9.17, 15) is 4.79 Å². The molecule has 3 rings (SSSR count). The summed E-state index contributed by atoms with van der Waals surface area (Å²) < 4.78 is 1.08. The summed E-state index contributed by atoms with van der Waals surface area (Å²) in [4.78, 5) is 16.3. The van der Waals surface area contributed by atoms with Gasteiger partial charge in [-0.3, -0.25) is 0 Å². The van der Waals surface area contributed by atoms with E-state index in [1.54, 1.807) is 0 Å². The summed E-state index contributed by atoms with van der Waals surface area (Å²) >= 11 is 3.59. The number of carbonyl (C=O) groups excluding carboxylic acids is 1. The van der Waals surface area contributed by atoms with Crippen molar-refractivity contribution in [3.05, 3.63) is 34.3 Å². The van der Waals surface area contributed by atoms with E-state index in [0.717, 1.165) is 30.5 Å². The van der Waals surface area contributed by atoms with E-state index in [2.05, 4.69) is 27.3 Å². The fourth-order valence-electron chi connectivity index (χ4n) is 2.99. The number of benzene rings is 1. The summed E-state index contributed by atoms with van der Waals surface area (Å²) in [6.45, 7) is 2.71. The van der Waals surface area contributed by atoms with Crippen molar-refractivity contribution in [3.63, 3.8) is 0 Å². The Hall–Kier alpha value is -1.07. The summed E-state index contributed by atoms with van der Waals surface area (Å²) in [5.74, 6) is 0. The van der Waals surface area contributed by atoms with Crippen LogP contribution >= 0.6 is 15.9 Å². The summed E-state index contributed by atoms with van der Waals surface area (Å²) in [5.41, 5.74) is 1.19. The van der Waals surface area contributed by atoms with E-state index in [1.165, 1.54) is 5.56 Å². The monoisotopic (exact) mass is 323 g/mol. The largest absolute Gasteiger partial charge is 0.320 e. The molecule has 2 fully saturated rings. The molecule has 0 bridgehead atoms. The SMILES string of the molecule is CN1C(=O)N(C2CCNC2)CC1c1ccccc1Br. The lowest BCUT2D eigenvalue weighted by atomic mass is 10.1. The van der Waals surface area contributed by atoms with Crippen molar-refractivity contribution < 1.29 is 4.79 Å². The highest BCUT2D eigenvalue weighted by atomic mass is 79.9. The average molecular weight is 324 g/mol. The third kappa shape index (κ3) is 2.25. The van der Waals surface area contributed by atoms with E-state index < -0.39 is 0 Å². The quantitative estimate of drug-likeness (QED) is 0.905. The summed E-state index contributed by atoms with van der Waals surface area (Å²) in [6, 6.07) is 8.80. The number of hydrogen-bond acceptors (Lipinski definition) is 2. The van der Waals surface area contributed by atoms with Gasteiger partial charge in [0.05, 0.1) is 6.04 Å². The number of likely N-dealkylation sites (N-methyl/N-ethyl adjacent to an activating group) is 1. The van der Waals surface area contributed by atoms with Crippen LogP contribution in [0.15, 0.2) is 28.7 Å². The molecular formula is C14H18BrN3O. The molecule has 5 heteroatoms. The zero-order valence-corrected chi connectivity index (χ0v) is 12.6. The van der Waals surface area contributed by atoms with Crippen molar-refractivity contribution in [3.8, 4) is 0 Å². The molecule has 0 saturated carbocycles. The Kier molecular flexibility index (Phi) is 3.50.